The number of aliphatic carboxylic acids is 1. The van der Waals surface area contributed by atoms with Crippen molar-refractivity contribution in [3.8, 4) is 0 Å². The fourth-order valence-electron chi connectivity index (χ4n) is 3.09. The summed E-state index contributed by atoms with van der Waals surface area (Å²) in [5.41, 5.74) is -2.84. The summed E-state index contributed by atoms with van der Waals surface area (Å²) >= 11 is 0. The molecule has 0 aliphatic carbocycles. The SMILES string of the molecule is CCC1OCCC1C(=O)N1CCC(C(=O)O)(C(F)(F)F)C1. The summed E-state index contributed by atoms with van der Waals surface area (Å²) in [6.45, 7) is 1.26. The maximum absolute atomic E-state index is 13.1. The van der Waals surface area contributed by atoms with Crippen molar-refractivity contribution in [1.82, 2.24) is 4.90 Å². The third kappa shape index (κ3) is 2.61. The van der Waals surface area contributed by atoms with Crippen molar-refractivity contribution in [3.63, 3.8) is 0 Å². The summed E-state index contributed by atoms with van der Waals surface area (Å²) in [4.78, 5) is 24.5. The van der Waals surface area contributed by atoms with Crippen LogP contribution in [0.4, 0.5) is 13.2 Å². The summed E-state index contributed by atoms with van der Waals surface area (Å²) in [7, 11) is 0. The highest BCUT2D eigenvalue weighted by Crippen LogP contribution is 2.46. The molecule has 0 aromatic carbocycles. The summed E-state index contributed by atoms with van der Waals surface area (Å²) in [6, 6.07) is 0. The molecule has 2 saturated heterocycles. The van der Waals surface area contributed by atoms with E-state index in [0.29, 0.717) is 19.4 Å². The van der Waals surface area contributed by atoms with Crippen LogP contribution < -0.4 is 0 Å². The molecule has 3 atom stereocenters. The Morgan fingerprint density at radius 1 is 1.43 bits per heavy atom. The number of hydrogen-bond donors (Lipinski definition) is 1. The number of rotatable bonds is 3. The van der Waals surface area contributed by atoms with E-state index in [1.807, 2.05) is 6.92 Å². The highest BCUT2D eigenvalue weighted by molar-refractivity contribution is 5.83. The Hall–Kier alpha value is -1.31. The molecule has 0 bridgehead atoms. The first kappa shape index (κ1) is 16.1. The van der Waals surface area contributed by atoms with Crippen molar-refractivity contribution in [3.05, 3.63) is 0 Å². The zero-order chi connectivity index (χ0) is 15.8. The number of likely N-dealkylation sites (tertiary alicyclic amines) is 1. The van der Waals surface area contributed by atoms with Gasteiger partial charge in [-0.25, -0.2) is 0 Å². The summed E-state index contributed by atoms with van der Waals surface area (Å²) < 4.78 is 44.6. The van der Waals surface area contributed by atoms with E-state index >= 15 is 0 Å². The molecule has 0 radical (unpaired) electrons. The molecule has 2 fully saturated rings. The fourth-order valence-corrected chi connectivity index (χ4v) is 3.09. The minimum absolute atomic E-state index is 0.183. The Kier molecular flexibility index (Phi) is 4.19. The number of nitrogens with zero attached hydrogens (tertiary/aromatic N) is 1. The van der Waals surface area contributed by atoms with Crippen LogP contribution in [0.15, 0.2) is 0 Å². The van der Waals surface area contributed by atoms with Gasteiger partial charge in [-0.3, -0.25) is 9.59 Å². The zero-order valence-electron chi connectivity index (χ0n) is 11.7. The van der Waals surface area contributed by atoms with E-state index in [0.717, 1.165) is 4.90 Å². The first-order chi connectivity index (χ1) is 9.73. The molecule has 3 unspecified atom stereocenters. The summed E-state index contributed by atoms with van der Waals surface area (Å²) in [5.74, 6) is -2.81. The van der Waals surface area contributed by atoms with Gasteiger partial charge in [0.05, 0.1) is 12.0 Å². The minimum atomic E-state index is -4.87. The van der Waals surface area contributed by atoms with Crippen LogP contribution in [0.3, 0.4) is 0 Å². The molecule has 2 rings (SSSR count). The van der Waals surface area contributed by atoms with Crippen LogP contribution in [0.5, 0.6) is 0 Å². The van der Waals surface area contributed by atoms with Gasteiger partial charge in [-0.2, -0.15) is 13.2 Å². The lowest BCUT2D eigenvalue weighted by atomic mass is 9.86. The predicted octanol–water partition coefficient (Wildman–Crippen LogP) is 1.67. The lowest BCUT2D eigenvalue weighted by Crippen LogP contribution is -2.48. The zero-order valence-corrected chi connectivity index (χ0v) is 11.7. The van der Waals surface area contributed by atoms with Gasteiger partial charge in [0.25, 0.3) is 0 Å². The van der Waals surface area contributed by atoms with Crippen LogP contribution in [-0.2, 0) is 14.3 Å². The molecule has 1 N–H and O–H groups in total. The Morgan fingerprint density at radius 3 is 2.57 bits per heavy atom. The topological polar surface area (TPSA) is 66.8 Å². The van der Waals surface area contributed by atoms with Crippen molar-refractivity contribution < 1.29 is 32.6 Å². The maximum Gasteiger partial charge on any atom is 0.406 e. The molecule has 2 aliphatic heterocycles. The van der Waals surface area contributed by atoms with Gasteiger partial charge in [0, 0.05) is 19.7 Å². The summed E-state index contributed by atoms with van der Waals surface area (Å²) in [6.07, 6.45) is -4.68. The second-order valence-electron chi connectivity index (χ2n) is 5.61. The Bertz CT molecular complexity index is 440. The molecule has 0 aromatic heterocycles. The molecule has 0 spiro atoms. The summed E-state index contributed by atoms with van der Waals surface area (Å²) in [5, 5.41) is 8.98. The van der Waals surface area contributed by atoms with Crippen LogP contribution in [0.2, 0.25) is 0 Å². The number of halogens is 3. The predicted molar refractivity (Wildman–Crippen MR) is 65.5 cm³/mol. The van der Waals surface area contributed by atoms with Gasteiger partial charge in [-0.05, 0) is 19.3 Å². The molecular weight excluding hydrogens is 291 g/mol. The van der Waals surface area contributed by atoms with E-state index in [4.69, 9.17) is 9.84 Å². The van der Waals surface area contributed by atoms with E-state index in [-0.39, 0.29) is 12.6 Å². The Labute approximate surface area is 120 Å². The molecule has 2 heterocycles. The van der Waals surface area contributed by atoms with Gasteiger partial charge in [0.2, 0.25) is 5.91 Å². The Balaban J connectivity index is 2.14. The standard InChI is InChI=1S/C13H18F3NO4/c1-2-9-8(3-6-21-9)10(18)17-5-4-12(7-17,11(19)20)13(14,15)16/h8-9H,2-7H2,1H3,(H,19,20). The third-order valence-electron chi connectivity index (χ3n) is 4.46. The number of alkyl halides is 3. The molecule has 120 valence electrons. The van der Waals surface area contributed by atoms with Crippen LogP contribution in [0.25, 0.3) is 0 Å². The van der Waals surface area contributed by atoms with Crippen molar-refractivity contribution in [2.75, 3.05) is 19.7 Å². The first-order valence-corrected chi connectivity index (χ1v) is 6.93. The third-order valence-corrected chi connectivity index (χ3v) is 4.46. The van der Waals surface area contributed by atoms with Crippen molar-refractivity contribution in [2.45, 2.75) is 38.5 Å². The van der Waals surface area contributed by atoms with E-state index in [1.54, 1.807) is 0 Å². The van der Waals surface area contributed by atoms with Gasteiger partial charge in [-0.15, -0.1) is 0 Å². The van der Waals surface area contributed by atoms with Crippen molar-refractivity contribution >= 4 is 11.9 Å². The fraction of sp³-hybridized carbons (Fsp3) is 0.846. The molecular formula is C13H18F3NO4. The van der Waals surface area contributed by atoms with Crippen LogP contribution in [0.1, 0.15) is 26.2 Å². The first-order valence-electron chi connectivity index (χ1n) is 6.93. The molecule has 5 nitrogen and oxygen atoms in total. The number of amides is 1. The van der Waals surface area contributed by atoms with E-state index in [1.165, 1.54) is 0 Å². The highest BCUT2D eigenvalue weighted by Gasteiger charge is 2.64. The van der Waals surface area contributed by atoms with Gasteiger partial charge in [0.1, 0.15) is 0 Å². The van der Waals surface area contributed by atoms with Gasteiger partial charge >= 0.3 is 12.1 Å². The number of carboxylic acids is 1. The van der Waals surface area contributed by atoms with Crippen LogP contribution in [0, 0.1) is 11.3 Å². The van der Waals surface area contributed by atoms with E-state index in [9.17, 15) is 22.8 Å². The molecule has 0 aromatic rings. The molecule has 1 amide bonds. The molecule has 2 aliphatic rings. The minimum Gasteiger partial charge on any atom is -0.481 e. The molecule has 0 saturated carbocycles. The average Bonchev–Trinajstić information content (AvgIpc) is 3.04. The van der Waals surface area contributed by atoms with Gasteiger partial charge in [-0.1, -0.05) is 6.92 Å². The van der Waals surface area contributed by atoms with E-state index in [2.05, 4.69) is 0 Å². The smallest absolute Gasteiger partial charge is 0.406 e. The normalized spacial score (nSPS) is 33.4. The monoisotopic (exact) mass is 309 g/mol. The lowest BCUT2D eigenvalue weighted by molar-refractivity contribution is -0.227. The number of carbonyl (C=O) groups is 2. The highest BCUT2D eigenvalue weighted by atomic mass is 19.4. The quantitative estimate of drug-likeness (QED) is 0.861. The molecule has 8 heteroatoms. The van der Waals surface area contributed by atoms with Gasteiger partial charge in [0.15, 0.2) is 5.41 Å². The second kappa shape index (κ2) is 5.47. The second-order valence-corrected chi connectivity index (χ2v) is 5.61. The largest absolute Gasteiger partial charge is 0.481 e. The average molecular weight is 309 g/mol. The number of carbonyl (C=O) groups excluding carboxylic acids is 1. The number of carboxylic acid groups (broad SMARTS) is 1. The maximum atomic E-state index is 13.1. The van der Waals surface area contributed by atoms with Gasteiger partial charge < -0.3 is 14.7 Å². The van der Waals surface area contributed by atoms with E-state index < -0.39 is 42.4 Å². The van der Waals surface area contributed by atoms with Crippen molar-refractivity contribution in [1.29, 1.82) is 0 Å². The number of ether oxygens (including phenoxy) is 1. The molecule has 21 heavy (non-hydrogen) atoms. The van der Waals surface area contributed by atoms with Crippen LogP contribution in [-0.4, -0.2) is 53.9 Å². The Morgan fingerprint density at radius 2 is 2.10 bits per heavy atom. The lowest BCUT2D eigenvalue weighted by Gasteiger charge is -2.28. The van der Waals surface area contributed by atoms with Crippen molar-refractivity contribution in [2.24, 2.45) is 11.3 Å². The van der Waals surface area contributed by atoms with Crippen LogP contribution >= 0.6 is 0 Å². The number of hydrogen-bond acceptors (Lipinski definition) is 3.